The van der Waals surface area contributed by atoms with E-state index in [-0.39, 0.29) is 50.2 Å². The van der Waals surface area contributed by atoms with E-state index in [0.717, 1.165) is 11.4 Å². The first-order chi connectivity index (χ1) is 17.8. The van der Waals surface area contributed by atoms with Gasteiger partial charge < -0.3 is 33.7 Å². The van der Waals surface area contributed by atoms with E-state index in [1.807, 2.05) is 49.0 Å². The molecule has 2 atom stereocenters. The zero-order chi connectivity index (χ0) is 26.9. The average Bonchev–Trinajstić information content (AvgIpc) is 3.14. The Morgan fingerprint density at radius 1 is 1.19 bits per heavy atom. The highest BCUT2D eigenvalue weighted by molar-refractivity contribution is 5.91. The van der Waals surface area contributed by atoms with E-state index in [1.54, 1.807) is 17.8 Å². The SMILES string of the molecule is COC(CN(C)C(=O)C1=C[C@H](c2c(C)n(C)n(-c3ccccc3)c2=O)C[C@H](OCCOCCO)O1)OC. The number of methoxy groups -OCH3 is 2. The first-order valence-electron chi connectivity index (χ1n) is 12.2. The van der Waals surface area contributed by atoms with E-state index in [9.17, 15) is 9.59 Å². The molecule has 0 bridgehead atoms. The predicted octanol–water partition coefficient (Wildman–Crippen LogP) is 1.30. The Kier molecular flexibility index (Phi) is 10.5. The van der Waals surface area contributed by atoms with Crippen LogP contribution in [0.15, 0.2) is 47.0 Å². The van der Waals surface area contributed by atoms with Crippen LogP contribution in [-0.4, -0.2) is 92.1 Å². The van der Waals surface area contributed by atoms with Crippen LogP contribution in [0.2, 0.25) is 0 Å². The quantitative estimate of drug-likeness (QED) is 0.311. The fourth-order valence-electron chi connectivity index (χ4n) is 4.27. The number of nitrogens with zero attached hydrogens (tertiary/aromatic N) is 3. The van der Waals surface area contributed by atoms with Crippen LogP contribution in [0.25, 0.3) is 5.69 Å². The van der Waals surface area contributed by atoms with Crippen molar-refractivity contribution in [1.82, 2.24) is 14.3 Å². The highest BCUT2D eigenvalue weighted by Crippen LogP contribution is 2.32. The van der Waals surface area contributed by atoms with Gasteiger partial charge in [-0.15, -0.1) is 0 Å². The summed E-state index contributed by atoms with van der Waals surface area (Å²) in [5.41, 5.74) is 1.93. The van der Waals surface area contributed by atoms with E-state index < -0.39 is 18.5 Å². The number of likely N-dealkylation sites (N-methyl/N-ethyl adjacent to an activating group) is 1. The molecule has 0 saturated carbocycles. The molecule has 37 heavy (non-hydrogen) atoms. The molecule has 0 aliphatic carbocycles. The Balaban J connectivity index is 1.93. The van der Waals surface area contributed by atoms with Gasteiger partial charge in [0.15, 0.2) is 12.0 Å². The molecule has 2 aromatic rings. The van der Waals surface area contributed by atoms with Crippen molar-refractivity contribution < 1.29 is 33.6 Å². The number of amides is 1. The molecule has 1 aromatic carbocycles. The Morgan fingerprint density at radius 2 is 1.89 bits per heavy atom. The number of hydrogen-bond acceptors (Lipinski definition) is 8. The van der Waals surface area contributed by atoms with Crippen molar-refractivity contribution in [1.29, 1.82) is 0 Å². The lowest BCUT2D eigenvalue weighted by atomic mass is 9.93. The minimum absolute atomic E-state index is 0.0827. The van der Waals surface area contributed by atoms with Crippen LogP contribution in [0.3, 0.4) is 0 Å². The number of rotatable bonds is 13. The summed E-state index contributed by atoms with van der Waals surface area (Å²) < 4.78 is 30.9. The molecule has 204 valence electrons. The normalized spacial score (nSPS) is 17.5. The number of ether oxygens (including phenoxy) is 5. The summed E-state index contributed by atoms with van der Waals surface area (Å²) in [7, 11) is 6.45. The molecule has 0 fully saturated rings. The molecule has 0 saturated heterocycles. The van der Waals surface area contributed by atoms with Gasteiger partial charge in [0, 0.05) is 51.9 Å². The molecule has 11 nitrogen and oxygen atoms in total. The Hall–Kier alpha value is -2.96. The summed E-state index contributed by atoms with van der Waals surface area (Å²) in [6.45, 7) is 2.64. The Labute approximate surface area is 216 Å². The van der Waals surface area contributed by atoms with E-state index in [0.29, 0.717) is 12.0 Å². The standard InChI is InChI=1S/C26H37N3O8/c1-18-24(26(32)29(28(18)3)20-9-7-6-8-10-20)19-15-21(25(31)27(2)17-23(33-4)34-5)37-22(16-19)36-14-13-35-12-11-30/h6-10,15,19,22-23,30H,11-14,16-17H2,1-5H3/t19-,22+/m0/s1. The van der Waals surface area contributed by atoms with Gasteiger partial charge in [-0.2, -0.15) is 0 Å². The molecular formula is C26H37N3O8. The van der Waals surface area contributed by atoms with Gasteiger partial charge in [-0.1, -0.05) is 18.2 Å². The maximum atomic E-state index is 13.6. The molecule has 0 unspecified atom stereocenters. The summed E-state index contributed by atoms with van der Waals surface area (Å²) in [6, 6.07) is 9.38. The molecule has 1 aliphatic heterocycles. The zero-order valence-corrected chi connectivity index (χ0v) is 22.1. The van der Waals surface area contributed by atoms with E-state index >= 15 is 0 Å². The molecule has 11 heteroatoms. The number of hydrogen-bond donors (Lipinski definition) is 1. The third kappa shape index (κ3) is 6.88. The Bertz CT molecular complexity index is 1110. The number of benzene rings is 1. The van der Waals surface area contributed by atoms with Gasteiger partial charge in [0.2, 0.25) is 6.29 Å². The highest BCUT2D eigenvalue weighted by Gasteiger charge is 2.34. The van der Waals surface area contributed by atoms with E-state index in [4.69, 9.17) is 28.8 Å². The highest BCUT2D eigenvalue weighted by atomic mass is 16.7. The molecule has 2 heterocycles. The van der Waals surface area contributed by atoms with Crippen LogP contribution < -0.4 is 5.56 Å². The molecular weight excluding hydrogens is 482 g/mol. The first kappa shape index (κ1) is 28.6. The van der Waals surface area contributed by atoms with Gasteiger partial charge in [0.1, 0.15) is 0 Å². The maximum Gasteiger partial charge on any atom is 0.288 e. The van der Waals surface area contributed by atoms with Crippen LogP contribution in [0.1, 0.15) is 23.6 Å². The number of aromatic nitrogens is 2. The summed E-state index contributed by atoms with van der Waals surface area (Å²) in [6.07, 6.45) is 0.659. The second-order valence-electron chi connectivity index (χ2n) is 8.69. The fraction of sp³-hybridized carbons (Fsp3) is 0.538. The smallest absolute Gasteiger partial charge is 0.288 e. The van der Waals surface area contributed by atoms with Crippen molar-refractivity contribution in [3.8, 4) is 5.69 Å². The van der Waals surface area contributed by atoms with Crippen molar-refractivity contribution in [3.05, 3.63) is 63.8 Å². The van der Waals surface area contributed by atoms with Crippen LogP contribution in [0.5, 0.6) is 0 Å². The van der Waals surface area contributed by atoms with Crippen LogP contribution in [-0.2, 0) is 35.5 Å². The zero-order valence-electron chi connectivity index (χ0n) is 22.1. The van der Waals surface area contributed by atoms with Crippen molar-refractivity contribution in [2.75, 3.05) is 54.2 Å². The average molecular weight is 520 g/mol. The lowest BCUT2D eigenvalue weighted by Crippen LogP contribution is -2.39. The molecule has 1 amide bonds. The van der Waals surface area contributed by atoms with Gasteiger partial charge in [0.05, 0.1) is 38.7 Å². The lowest BCUT2D eigenvalue weighted by molar-refractivity contribution is -0.161. The molecule has 3 rings (SSSR count). The monoisotopic (exact) mass is 519 g/mol. The molecule has 1 aromatic heterocycles. The lowest BCUT2D eigenvalue weighted by Gasteiger charge is -2.31. The fourth-order valence-corrected chi connectivity index (χ4v) is 4.27. The van der Waals surface area contributed by atoms with Gasteiger partial charge in [-0.05, 0) is 25.1 Å². The summed E-state index contributed by atoms with van der Waals surface area (Å²) in [5.74, 6) is -0.723. The number of carbonyl (C=O) groups excluding carboxylic acids is 1. The summed E-state index contributed by atoms with van der Waals surface area (Å²) >= 11 is 0. The van der Waals surface area contributed by atoms with E-state index in [2.05, 4.69) is 0 Å². The molecule has 0 radical (unpaired) electrons. The van der Waals surface area contributed by atoms with Crippen LogP contribution in [0, 0.1) is 6.92 Å². The predicted molar refractivity (Wildman–Crippen MR) is 135 cm³/mol. The van der Waals surface area contributed by atoms with Crippen LogP contribution in [0.4, 0.5) is 0 Å². The van der Waals surface area contributed by atoms with Gasteiger partial charge in [-0.25, -0.2) is 4.68 Å². The van der Waals surface area contributed by atoms with Gasteiger partial charge in [0.25, 0.3) is 11.5 Å². The largest absolute Gasteiger partial charge is 0.459 e. The van der Waals surface area contributed by atoms with E-state index in [1.165, 1.54) is 19.1 Å². The maximum absolute atomic E-state index is 13.6. The number of carbonyl (C=O) groups is 1. The van der Waals surface area contributed by atoms with Gasteiger partial charge >= 0.3 is 0 Å². The first-order valence-corrected chi connectivity index (χ1v) is 12.2. The van der Waals surface area contributed by atoms with Crippen molar-refractivity contribution in [2.45, 2.75) is 31.8 Å². The minimum atomic E-state index is -0.773. The third-order valence-electron chi connectivity index (χ3n) is 6.30. The number of para-hydroxylation sites is 1. The second-order valence-corrected chi connectivity index (χ2v) is 8.69. The number of aliphatic hydroxyl groups excluding tert-OH is 1. The molecule has 0 spiro atoms. The molecule has 1 N–H and O–H groups in total. The number of aliphatic hydroxyl groups is 1. The molecule has 1 aliphatic rings. The van der Waals surface area contributed by atoms with Crippen LogP contribution >= 0.6 is 0 Å². The summed E-state index contributed by atoms with van der Waals surface area (Å²) in [4.78, 5) is 28.4. The minimum Gasteiger partial charge on any atom is -0.459 e. The summed E-state index contributed by atoms with van der Waals surface area (Å²) in [5, 5.41) is 8.89. The topological polar surface area (TPSA) is 114 Å². The van der Waals surface area contributed by atoms with Gasteiger partial charge in [-0.3, -0.25) is 14.3 Å². The van der Waals surface area contributed by atoms with Crippen molar-refractivity contribution >= 4 is 5.91 Å². The Morgan fingerprint density at radius 3 is 2.54 bits per heavy atom. The third-order valence-corrected chi connectivity index (χ3v) is 6.30. The van der Waals surface area contributed by atoms with Crippen molar-refractivity contribution in [2.24, 2.45) is 7.05 Å². The number of allylic oxidation sites excluding steroid dienone is 1. The van der Waals surface area contributed by atoms with Crippen molar-refractivity contribution in [3.63, 3.8) is 0 Å². The second kappa shape index (κ2) is 13.5.